The summed E-state index contributed by atoms with van der Waals surface area (Å²) in [6, 6.07) is 2.51. The van der Waals surface area contributed by atoms with Gasteiger partial charge in [-0.15, -0.1) is 11.3 Å². The van der Waals surface area contributed by atoms with Gasteiger partial charge in [-0.1, -0.05) is 13.8 Å². The van der Waals surface area contributed by atoms with Crippen molar-refractivity contribution in [2.45, 2.75) is 66.5 Å². The molecule has 0 amide bonds. The number of nitrogens with zero attached hydrogens (tertiary/aromatic N) is 3. The quantitative estimate of drug-likeness (QED) is 0.656. The third-order valence-electron chi connectivity index (χ3n) is 4.90. The Labute approximate surface area is 153 Å². The van der Waals surface area contributed by atoms with E-state index < -0.39 is 6.10 Å². The lowest BCUT2D eigenvalue weighted by Gasteiger charge is -2.16. The fourth-order valence-electron chi connectivity index (χ4n) is 3.41. The zero-order chi connectivity index (χ0) is 18.3. The number of aliphatic hydroxyl groups excluding tert-OH is 1. The molecule has 0 aromatic carbocycles. The van der Waals surface area contributed by atoms with Crippen molar-refractivity contribution in [3.8, 4) is 10.6 Å². The third kappa shape index (κ3) is 3.11. The maximum atomic E-state index is 9.88. The molecular weight excluding hydrogens is 330 g/mol. The van der Waals surface area contributed by atoms with Crippen molar-refractivity contribution in [3.05, 3.63) is 34.0 Å². The van der Waals surface area contributed by atoms with Gasteiger partial charge in [0.05, 0.1) is 16.7 Å². The molecule has 25 heavy (non-hydrogen) atoms. The average Bonchev–Trinajstić information content (AvgIpc) is 3.09. The molecule has 3 aromatic rings. The van der Waals surface area contributed by atoms with Gasteiger partial charge in [-0.05, 0) is 57.7 Å². The zero-order valence-electron chi connectivity index (χ0n) is 15.9. The second-order valence-electron chi connectivity index (χ2n) is 6.86. The van der Waals surface area contributed by atoms with Gasteiger partial charge in [-0.25, -0.2) is 9.97 Å². The molecule has 0 saturated heterocycles. The van der Waals surface area contributed by atoms with Gasteiger partial charge in [-0.3, -0.25) is 0 Å². The predicted molar refractivity (Wildman–Crippen MR) is 105 cm³/mol. The molecule has 0 aliphatic heterocycles. The molecule has 0 fully saturated rings. The van der Waals surface area contributed by atoms with E-state index in [0.717, 1.165) is 50.7 Å². The van der Waals surface area contributed by atoms with Crippen LogP contribution in [0.4, 0.5) is 0 Å². The first-order valence-electron chi connectivity index (χ1n) is 9.01. The third-order valence-corrected chi connectivity index (χ3v) is 6.32. The number of aromatic nitrogens is 3. The Morgan fingerprint density at radius 3 is 2.36 bits per heavy atom. The average molecular weight is 358 g/mol. The molecule has 5 heteroatoms. The first-order valence-corrected chi connectivity index (χ1v) is 9.83. The molecule has 0 spiro atoms. The summed E-state index contributed by atoms with van der Waals surface area (Å²) in [7, 11) is 0. The molecule has 0 saturated carbocycles. The number of aryl methyl sites for hydroxylation is 3. The maximum Gasteiger partial charge on any atom is 0.159 e. The Morgan fingerprint density at radius 1 is 1.12 bits per heavy atom. The van der Waals surface area contributed by atoms with E-state index >= 15 is 0 Å². The number of aliphatic hydroxyl groups is 1. The van der Waals surface area contributed by atoms with Crippen LogP contribution in [0, 0.1) is 20.8 Å². The summed E-state index contributed by atoms with van der Waals surface area (Å²) in [4.78, 5) is 12.0. The lowest BCUT2D eigenvalue weighted by molar-refractivity contribution is 0.203. The highest BCUT2D eigenvalue weighted by Gasteiger charge is 2.19. The predicted octanol–water partition coefficient (Wildman–Crippen LogP) is 5.50. The standard InChI is InChI=1S/C20H27N3OS/c1-7-15(8-2)23-10-12(4)17-20(23)21-13(5)18(22-17)19-11(3)9-16(25-19)14(6)24/h9-10,14-15,24H,7-8H2,1-6H3. The van der Waals surface area contributed by atoms with Crippen LogP contribution in [0.5, 0.6) is 0 Å². The summed E-state index contributed by atoms with van der Waals surface area (Å²) in [6.45, 7) is 12.5. The van der Waals surface area contributed by atoms with Crippen LogP contribution in [0.2, 0.25) is 0 Å². The number of thiophene rings is 1. The smallest absolute Gasteiger partial charge is 0.159 e. The number of fused-ring (bicyclic) bond motifs is 1. The number of hydrogen-bond donors (Lipinski definition) is 1. The molecule has 3 aromatic heterocycles. The minimum atomic E-state index is -0.452. The monoisotopic (exact) mass is 357 g/mol. The van der Waals surface area contributed by atoms with Crippen molar-refractivity contribution in [1.82, 2.24) is 14.5 Å². The fraction of sp³-hybridized carbons (Fsp3) is 0.500. The molecule has 0 aliphatic carbocycles. The lowest BCUT2D eigenvalue weighted by atomic mass is 10.1. The summed E-state index contributed by atoms with van der Waals surface area (Å²) in [5, 5.41) is 9.88. The Bertz CT molecular complexity index is 903. The van der Waals surface area contributed by atoms with Gasteiger partial charge in [-0.2, -0.15) is 0 Å². The van der Waals surface area contributed by atoms with Crippen LogP contribution in [0.15, 0.2) is 12.3 Å². The van der Waals surface area contributed by atoms with Crippen molar-refractivity contribution >= 4 is 22.5 Å². The molecule has 3 rings (SSSR count). The van der Waals surface area contributed by atoms with Gasteiger partial charge < -0.3 is 9.67 Å². The Kier molecular flexibility index (Phi) is 4.98. The van der Waals surface area contributed by atoms with Gasteiger partial charge in [0, 0.05) is 17.1 Å². The van der Waals surface area contributed by atoms with E-state index in [2.05, 4.69) is 44.5 Å². The first kappa shape index (κ1) is 18.1. The zero-order valence-corrected chi connectivity index (χ0v) is 16.7. The summed E-state index contributed by atoms with van der Waals surface area (Å²) < 4.78 is 2.29. The molecule has 3 heterocycles. The van der Waals surface area contributed by atoms with Crippen LogP contribution in [0.3, 0.4) is 0 Å². The maximum absolute atomic E-state index is 9.88. The van der Waals surface area contributed by atoms with Gasteiger partial charge in [0.15, 0.2) is 5.65 Å². The second kappa shape index (κ2) is 6.89. The largest absolute Gasteiger partial charge is 0.388 e. The molecule has 0 bridgehead atoms. The SMILES string of the molecule is CCC(CC)n1cc(C)c2nc(-c3sc(C(C)O)cc3C)c(C)nc21. The summed E-state index contributed by atoms with van der Waals surface area (Å²) >= 11 is 1.61. The Balaban J connectivity index is 2.19. The van der Waals surface area contributed by atoms with Crippen molar-refractivity contribution in [2.75, 3.05) is 0 Å². The summed E-state index contributed by atoms with van der Waals surface area (Å²) in [6.07, 6.45) is 3.91. The normalized spacial score (nSPS) is 13.1. The first-order chi connectivity index (χ1) is 11.9. The highest BCUT2D eigenvalue weighted by Crippen LogP contribution is 2.37. The highest BCUT2D eigenvalue weighted by atomic mass is 32.1. The summed E-state index contributed by atoms with van der Waals surface area (Å²) in [5.41, 5.74) is 6.17. The molecule has 0 radical (unpaired) electrons. The molecule has 134 valence electrons. The molecule has 4 nitrogen and oxygen atoms in total. The number of hydrogen-bond acceptors (Lipinski definition) is 4. The molecule has 0 aliphatic rings. The fourth-order valence-corrected chi connectivity index (χ4v) is 4.56. The van der Waals surface area contributed by atoms with Gasteiger partial charge in [0.25, 0.3) is 0 Å². The van der Waals surface area contributed by atoms with Crippen LogP contribution >= 0.6 is 11.3 Å². The minimum absolute atomic E-state index is 0.452. The van der Waals surface area contributed by atoms with E-state index in [1.807, 2.05) is 6.92 Å². The topological polar surface area (TPSA) is 50.9 Å². The van der Waals surface area contributed by atoms with E-state index in [9.17, 15) is 5.11 Å². The second-order valence-corrected chi connectivity index (χ2v) is 7.94. The molecule has 1 atom stereocenters. The molecule has 1 unspecified atom stereocenters. The van der Waals surface area contributed by atoms with Crippen molar-refractivity contribution in [3.63, 3.8) is 0 Å². The molecule has 1 N–H and O–H groups in total. The van der Waals surface area contributed by atoms with E-state index in [1.54, 1.807) is 18.3 Å². The highest BCUT2D eigenvalue weighted by molar-refractivity contribution is 7.15. The summed E-state index contributed by atoms with van der Waals surface area (Å²) in [5.74, 6) is 0. The van der Waals surface area contributed by atoms with Gasteiger partial charge >= 0.3 is 0 Å². The van der Waals surface area contributed by atoms with E-state index in [0.29, 0.717) is 6.04 Å². The van der Waals surface area contributed by atoms with Gasteiger partial charge in [0.2, 0.25) is 0 Å². The van der Waals surface area contributed by atoms with Crippen molar-refractivity contribution in [1.29, 1.82) is 0 Å². The van der Waals surface area contributed by atoms with Crippen LogP contribution in [0.1, 0.15) is 67.5 Å². The van der Waals surface area contributed by atoms with E-state index in [4.69, 9.17) is 9.97 Å². The van der Waals surface area contributed by atoms with Crippen LogP contribution in [0.25, 0.3) is 21.7 Å². The molecular formula is C20H27N3OS. The van der Waals surface area contributed by atoms with Crippen molar-refractivity contribution in [2.24, 2.45) is 0 Å². The van der Waals surface area contributed by atoms with Crippen LogP contribution < -0.4 is 0 Å². The van der Waals surface area contributed by atoms with E-state index in [-0.39, 0.29) is 0 Å². The lowest BCUT2D eigenvalue weighted by Crippen LogP contribution is -2.07. The minimum Gasteiger partial charge on any atom is -0.388 e. The number of rotatable bonds is 5. The van der Waals surface area contributed by atoms with E-state index in [1.165, 1.54) is 5.56 Å². The van der Waals surface area contributed by atoms with Crippen molar-refractivity contribution < 1.29 is 5.11 Å². The Hall–Kier alpha value is -1.72. The van der Waals surface area contributed by atoms with Gasteiger partial charge in [0.1, 0.15) is 11.2 Å². The van der Waals surface area contributed by atoms with Crippen LogP contribution in [-0.4, -0.2) is 19.6 Å². The Morgan fingerprint density at radius 2 is 1.80 bits per heavy atom. The van der Waals surface area contributed by atoms with Crippen LogP contribution in [-0.2, 0) is 0 Å².